The lowest BCUT2D eigenvalue weighted by atomic mass is 10.2. The average molecular weight is 356 g/mol. The Bertz CT molecular complexity index is 1010. The van der Waals surface area contributed by atoms with Crippen molar-refractivity contribution >= 4 is 33.3 Å². The minimum atomic E-state index is -0.304. The molecule has 3 aromatic heterocycles. The van der Waals surface area contributed by atoms with Crippen LogP contribution in [0.4, 0.5) is 5.69 Å². The third-order valence-electron chi connectivity index (χ3n) is 4.18. The second-order valence-electron chi connectivity index (χ2n) is 5.85. The number of nitrogens with zero attached hydrogens (tertiary/aromatic N) is 4. The molecule has 0 N–H and O–H groups in total. The first-order valence-electron chi connectivity index (χ1n) is 7.96. The van der Waals surface area contributed by atoms with Crippen LogP contribution in [-0.4, -0.2) is 40.0 Å². The van der Waals surface area contributed by atoms with E-state index >= 15 is 0 Å². The molecular weight excluding hydrogens is 340 g/mol. The summed E-state index contributed by atoms with van der Waals surface area (Å²) in [5.74, 6) is 0.542. The standard InChI is InChI=1S/C17H16N4O3S/c1-20-7-8-24-14-9-11(19-10-13(14)20)4-5-15(22)21-17(23)12-3-2-6-18-16(12)25-21/h2-3,6,9-10H,4-5,7-8H2,1H3. The first kappa shape index (κ1) is 15.8. The maximum atomic E-state index is 12.4. The van der Waals surface area contributed by atoms with Crippen LogP contribution in [0.5, 0.6) is 5.75 Å². The average Bonchev–Trinajstić information content (AvgIpc) is 2.97. The fourth-order valence-corrected chi connectivity index (χ4v) is 3.70. The first-order chi connectivity index (χ1) is 12.1. The number of carbonyl (C=O) groups excluding carboxylic acids is 1. The largest absolute Gasteiger partial charge is 0.489 e. The molecule has 0 unspecified atom stereocenters. The third-order valence-corrected chi connectivity index (χ3v) is 5.23. The molecular formula is C17H16N4O3S. The van der Waals surface area contributed by atoms with Gasteiger partial charge < -0.3 is 9.64 Å². The van der Waals surface area contributed by atoms with Gasteiger partial charge in [-0.1, -0.05) is 0 Å². The highest BCUT2D eigenvalue weighted by Crippen LogP contribution is 2.30. The molecule has 1 aliphatic heterocycles. The quantitative estimate of drug-likeness (QED) is 0.714. The molecule has 0 fully saturated rings. The molecule has 0 bridgehead atoms. The molecule has 0 saturated heterocycles. The molecule has 7 nitrogen and oxygen atoms in total. The number of fused-ring (bicyclic) bond motifs is 2. The zero-order valence-corrected chi connectivity index (χ0v) is 14.5. The van der Waals surface area contributed by atoms with Crippen molar-refractivity contribution in [2.75, 3.05) is 25.1 Å². The van der Waals surface area contributed by atoms with Gasteiger partial charge in [-0.15, -0.1) is 0 Å². The van der Waals surface area contributed by atoms with Crippen molar-refractivity contribution in [3.05, 3.63) is 46.6 Å². The van der Waals surface area contributed by atoms with E-state index in [1.54, 1.807) is 24.5 Å². The van der Waals surface area contributed by atoms with Gasteiger partial charge in [0.1, 0.15) is 17.2 Å². The van der Waals surface area contributed by atoms with Crippen LogP contribution in [0, 0.1) is 0 Å². The minimum absolute atomic E-state index is 0.203. The highest BCUT2D eigenvalue weighted by Gasteiger charge is 2.18. The summed E-state index contributed by atoms with van der Waals surface area (Å²) in [6, 6.07) is 5.25. The number of pyridine rings is 2. The molecule has 3 aromatic rings. The Morgan fingerprint density at radius 2 is 2.28 bits per heavy atom. The number of aryl methyl sites for hydroxylation is 1. The smallest absolute Gasteiger partial charge is 0.277 e. The molecule has 0 spiro atoms. The molecule has 4 rings (SSSR count). The number of ether oxygens (including phenoxy) is 1. The summed E-state index contributed by atoms with van der Waals surface area (Å²) in [7, 11) is 1.99. The topological polar surface area (TPSA) is 77.3 Å². The Labute approximate surface area is 147 Å². The molecule has 1 aliphatic rings. The molecule has 25 heavy (non-hydrogen) atoms. The summed E-state index contributed by atoms with van der Waals surface area (Å²) < 4.78 is 6.84. The van der Waals surface area contributed by atoms with E-state index in [1.165, 1.54) is 3.96 Å². The zero-order chi connectivity index (χ0) is 17.4. The predicted molar refractivity (Wildman–Crippen MR) is 95.8 cm³/mol. The van der Waals surface area contributed by atoms with Crippen molar-refractivity contribution < 1.29 is 9.53 Å². The maximum absolute atomic E-state index is 12.4. The van der Waals surface area contributed by atoms with E-state index in [1.807, 2.05) is 13.1 Å². The normalized spacial score (nSPS) is 13.6. The Morgan fingerprint density at radius 1 is 1.40 bits per heavy atom. The number of hydrogen-bond donors (Lipinski definition) is 0. The van der Waals surface area contributed by atoms with Gasteiger partial charge >= 0.3 is 0 Å². The van der Waals surface area contributed by atoms with Gasteiger partial charge in [0.2, 0.25) is 5.91 Å². The van der Waals surface area contributed by atoms with Crippen LogP contribution in [0.1, 0.15) is 16.9 Å². The summed E-state index contributed by atoms with van der Waals surface area (Å²) in [6.07, 6.45) is 4.03. The summed E-state index contributed by atoms with van der Waals surface area (Å²) in [5, 5.41) is 0.476. The zero-order valence-electron chi connectivity index (χ0n) is 13.6. The van der Waals surface area contributed by atoms with Gasteiger partial charge in [-0.3, -0.25) is 14.6 Å². The Morgan fingerprint density at radius 3 is 3.12 bits per heavy atom. The van der Waals surface area contributed by atoms with Crippen molar-refractivity contribution in [2.24, 2.45) is 0 Å². The summed E-state index contributed by atoms with van der Waals surface area (Å²) in [5.41, 5.74) is 1.42. The van der Waals surface area contributed by atoms with E-state index in [-0.39, 0.29) is 17.9 Å². The SMILES string of the molecule is CN1CCOc2cc(CCC(=O)n3sc4ncccc4c3=O)ncc21. The van der Waals surface area contributed by atoms with Crippen LogP contribution < -0.4 is 15.2 Å². The molecule has 8 heteroatoms. The van der Waals surface area contributed by atoms with E-state index in [2.05, 4.69) is 14.9 Å². The fourth-order valence-electron chi connectivity index (χ4n) is 2.79. The summed E-state index contributed by atoms with van der Waals surface area (Å²) in [4.78, 5) is 35.9. The first-order valence-corrected chi connectivity index (χ1v) is 8.74. The second-order valence-corrected chi connectivity index (χ2v) is 6.79. The minimum Gasteiger partial charge on any atom is -0.489 e. The molecule has 0 amide bonds. The Hall–Kier alpha value is -2.74. The van der Waals surface area contributed by atoms with Gasteiger partial charge in [0, 0.05) is 31.4 Å². The van der Waals surface area contributed by atoms with E-state index < -0.39 is 0 Å². The molecule has 0 saturated carbocycles. The van der Waals surface area contributed by atoms with E-state index in [4.69, 9.17) is 4.74 Å². The van der Waals surface area contributed by atoms with Crippen LogP contribution in [0.15, 0.2) is 35.4 Å². The number of anilines is 1. The molecule has 4 heterocycles. The molecule has 0 radical (unpaired) electrons. The van der Waals surface area contributed by atoms with E-state index in [9.17, 15) is 9.59 Å². The van der Waals surface area contributed by atoms with E-state index in [0.29, 0.717) is 23.2 Å². The van der Waals surface area contributed by atoms with Crippen molar-refractivity contribution in [3.8, 4) is 5.75 Å². The lowest BCUT2D eigenvalue weighted by Gasteiger charge is -2.27. The van der Waals surface area contributed by atoms with Crippen molar-refractivity contribution in [1.82, 2.24) is 13.9 Å². The van der Waals surface area contributed by atoms with Crippen molar-refractivity contribution in [1.29, 1.82) is 0 Å². The molecule has 128 valence electrons. The number of aromatic nitrogens is 3. The van der Waals surface area contributed by atoms with Gasteiger partial charge in [0.25, 0.3) is 5.56 Å². The van der Waals surface area contributed by atoms with Gasteiger partial charge in [0.05, 0.1) is 23.8 Å². The predicted octanol–water partition coefficient (Wildman–Crippen LogP) is 1.95. The summed E-state index contributed by atoms with van der Waals surface area (Å²) >= 11 is 1.08. The molecule has 0 aliphatic carbocycles. The second kappa shape index (κ2) is 6.29. The van der Waals surface area contributed by atoms with Crippen molar-refractivity contribution in [2.45, 2.75) is 12.8 Å². The monoisotopic (exact) mass is 356 g/mol. The third kappa shape index (κ3) is 2.89. The molecule has 0 atom stereocenters. The Balaban J connectivity index is 1.52. The number of rotatable bonds is 3. The molecule has 0 aromatic carbocycles. The van der Waals surface area contributed by atoms with Crippen LogP contribution in [0.2, 0.25) is 0 Å². The Kier molecular flexibility index (Phi) is 3.96. The van der Waals surface area contributed by atoms with Gasteiger partial charge in [-0.25, -0.2) is 4.98 Å². The van der Waals surface area contributed by atoms with Crippen LogP contribution in [0.3, 0.4) is 0 Å². The van der Waals surface area contributed by atoms with Crippen LogP contribution >= 0.6 is 11.5 Å². The van der Waals surface area contributed by atoms with Crippen molar-refractivity contribution in [3.63, 3.8) is 0 Å². The van der Waals surface area contributed by atoms with Gasteiger partial charge in [0.15, 0.2) is 0 Å². The number of carbonyl (C=O) groups is 1. The lowest BCUT2D eigenvalue weighted by Crippen LogP contribution is -2.29. The maximum Gasteiger partial charge on any atom is 0.277 e. The van der Waals surface area contributed by atoms with Crippen LogP contribution in [-0.2, 0) is 6.42 Å². The fraction of sp³-hybridized carbons (Fsp3) is 0.294. The number of hydrogen-bond acceptors (Lipinski definition) is 7. The highest BCUT2D eigenvalue weighted by atomic mass is 32.1. The highest BCUT2D eigenvalue weighted by molar-refractivity contribution is 7.14. The number of likely N-dealkylation sites (N-methyl/N-ethyl adjacent to an activating group) is 1. The van der Waals surface area contributed by atoms with Gasteiger partial charge in [-0.2, -0.15) is 3.96 Å². The van der Waals surface area contributed by atoms with Crippen LogP contribution in [0.25, 0.3) is 10.2 Å². The summed E-state index contributed by atoms with van der Waals surface area (Å²) in [6.45, 7) is 1.46. The van der Waals surface area contributed by atoms with E-state index in [0.717, 1.165) is 35.2 Å². The lowest BCUT2D eigenvalue weighted by molar-refractivity contribution is 0.0912. The van der Waals surface area contributed by atoms with Gasteiger partial charge in [-0.05, 0) is 30.1 Å².